The molecule has 2 rings (SSSR count). The second-order valence-electron chi connectivity index (χ2n) is 4.91. The number of hydrogen-bond donors (Lipinski definition) is 0. The van der Waals surface area contributed by atoms with Crippen LogP contribution >= 0.6 is 0 Å². The summed E-state index contributed by atoms with van der Waals surface area (Å²) in [6.07, 6.45) is 0. The molecule has 2 aromatic rings. The summed E-state index contributed by atoms with van der Waals surface area (Å²) in [6.45, 7) is 6.40. The van der Waals surface area contributed by atoms with E-state index >= 15 is 0 Å². The monoisotopic (exact) mass is 474 g/mol. The number of benzene rings is 2. The van der Waals surface area contributed by atoms with E-state index in [4.69, 9.17) is 9.47 Å². The average Bonchev–Trinajstić information content (AvgIpc) is 2.40. The minimum Gasteiger partial charge on any atom is -0.475 e. The molecular formula is C18H16O4Y2-2. The van der Waals surface area contributed by atoms with Crippen molar-refractivity contribution in [2.45, 2.75) is 27.7 Å². The topological polar surface area (TPSA) is 52.6 Å². The molecule has 0 spiro atoms. The molecule has 0 unspecified atom stereocenters. The molecule has 0 saturated heterocycles. The average molecular weight is 474 g/mol. The van der Waals surface area contributed by atoms with Crippen molar-refractivity contribution in [2.75, 3.05) is 0 Å². The first-order valence-corrected chi connectivity index (χ1v) is 6.80. The van der Waals surface area contributed by atoms with Crippen LogP contribution in [0.5, 0.6) is 11.5 Å². The van der Waals surface area contributed by atoms with Crippen molar-refractivity contribution in [1.29, 1.82) is 0 Å². The molecule has 24 heavy (non-hydrogen) atoms. The zero-order valence-corrected chi connectivity index (χ0v) is 19.8. The Hall–Kier alpha value is -0.412. The minimum atomic E-state index is -0.426. The van der Waals surface area contributed by atoms with Gasteiger partial charge < -0.3 is 9.47 Å². The van der Waals surface area contributed by atoms with Crippen LogP contribution < -0.4 is 9.47 Å². The Balaban J connectivity index is 0.00000264. The fourth-order valence-electron chi connectivity index (χ4n) is 2.14. The van der Waals surface area contributed by atoms with E-state index in [2.05, 4.69) is 12.1 Å². The van der Waals surface area contributed by atoms with E-state index in [1.54, 1.807) is 24.3 Å². The summed E-state index contributed by atoms with van der Waals surface area (Å²) in [5.74, 6) is -0.0909. The van der Waals surface area contributed by atoms with Crippen LogP contribution in [0, 0.1) is 26.0 Å². The summed E-state index contributed by atoms with van der Waals surface area (Å²) in [7, 11) is 0. The maximum Gasteiger partial charge on any atom is 0.305 e. The number of esters is 2. The number of aryl methyl sites for hydroxylation is 2. The summed E-state index contributed by atoms with van der Waals surface area (Å²) in [5, 5.41) is 0. The van der Waals surface area contributed by atoms with Gasteiger partial charge in [-0.05, 0) is 0 Å². The smallest absolute Gasteiger partial charge is 0.305 e. The first-order valence-electron chi connectivity index (χ1n) is 6.80. The van der Waals surface area contributed by atoms with Crippen molar-refractivity contribution in [3.05, 3.63) is 47.5 Å². The first-order chi connectivity index (χ1) is 10.4. The van der Waals surface area contributed by atoms with Crippen LogP contribution in [0.1, 0.15) is 25.0 Å². The molecule has 0 saturated carbocycles. The van der Waals surface area contributed by atoms with Crippen LogP contribution in [0.2, 0.25) is 0 Å². The Labute approximate surface area is 192 Å². The zero-order chi connectivity index (χ0) is 16.3. The third-order valence-corrected chi connectivity index (χ3v) is 2.97. The molecule has 0 amide bonds. The summed E-state index contributed by atoms with van der Waals surface area (Å²) in [5.41, 5.74) is 2.86. The van der Waals surface area contributed by atoms with Crippen molar-refractivity contribution in [3.63, 3.8) is 0 Å². The molecule has 2 radical (unpaired) electrons. The largest absolute Gasteiger partial charge is 0.475 e. The fraction of sp³-hybridized carbons (Fsp3) is 0.222. The van der Waals surface area contributed by atoms with Gasteiger partial charge in [0.2, 0.25) is 0 Å². The van der Waals surface area contributed by atoms with Crippen LogP contribution in [-0.4, -0.2) is 11.9 Å². The Morgan fingerprint density at radius 3 is 2.08 bits per heavy atom. The summed E-state index contributed by atoms with van der Waals surface area (Å²) < 4.78 is 10.5. The van der Waals surface area contributed by atoms with E-state index in [-0.39, 0.29) is 65.4 Å². The Morgan fingerprint density at radius 2 is 1.50 bits per heavy atom. The van der Waals surface area contributed by atoms with Gasteiger partial charge in [-0.2, -0.15) is 17.7 Å². The van der Waals surface area contributed by atoms with E-state index in [1.165, 1.54) is 13.8 Å². The third kappa shape index (κ3) is 6.15. The number of ether oxygens (including phenoxy) is 2. The van der Waals surface area contributed by atoms with Crippen LogP contribution in [0.15, 0.2) is 24.3 Å². The second kappa shape index (κ2) is 10.5. The predicted octanol–water partition coefficient (Wildman–Crippen LogP) is 3.42. The molecule has 0 aliphatic rings. The van der Waals surface area contributed by atoms with E-state index in [0.29, 0.717) is 22.6 Å². The SMILES string of the molecule is CC(=O)Oc1ccc(C)[c-]c1-c1c(C)[c-]ccc1OC(C)=O.[Y].[Y]. The zero-order valence-electron chi connectivity index (χ0n) is 14.1. The van der Waals surface area contributed by atoms with Crippen molar-refractivity contribution in [1.82, 2.24) is 0 Å². The minimum absolute atomic E-state index is 0. The van der Waals surface area contributed by atoms with Crippen molar-refractivity contribution in [2.24, 2.45) is 0 Å². The molecule has 0 aliphatic heterocycles. The van der Waals surface area contributed by atoms with E-state index in [9.17, 15) is 9.59 Å². The number of carbonyl (C=O) groups excluding carboxylic acids is 2. The van der Waals surface area contributed by atoms with Gasteiger partial charge in [-0.1, -0.05) is 19.4 Å². The quantitative estimate of drug-likeness (QED) is 0.389. The van der Waals surface area contributed by atoms with Crippen molar-refractivity contribution >= 4 is 11.9 Å². The van der Waals surface area contributed by atoms with Gasteiger partial charge in [-0.25, -0.2) is 0 Å². The van der Waals surface area contributed by atoms with Gasteiger partial charge in [0.15, 0.2) is 0 Å². The van der Waals surface area contributed by atoms with Crippen molar-refractivity contribution < 1.29 is 84.5 Å². The molecule has 0 fully saturated rings. The number of hydrogen-bond acceptors (Lipinski definition) is 4. The fourth-order valence-corrected chi connectivity index (χ4v) is 2.14. The molecule has 0 aliphatic carbocycles. The standard InChI is InChI=1S/C18H16O4.2Y/c1-11-8-9-16(21-13(3)19)15(10-11)18-12(2)6-5-7-17(18)22-14(4)20;;/h5,7-9H,1-4H3;;/q-2;;. The van der Waals surface area contributed by atoms with E-state index < -0.39 is 11.9 Å². The van der Waals surface area contributed by atoms with E-state index in [1.807, 2.05) is 13.8 Å². The second-order valence-corrected chi connectivity index (χ2v) is 4.91. The van der Waals surface area contributed by atoms with Gasteiger partial charge in [0.05, 0.1) is 0 Å². The molecule has 6 heteroatoms. The normalized spacial score (nSPS) is 9.33. The first kappa shape index (κ1) is 23.6. The van der Waals surface area contributed by atoms with Crippen LogP contribution in [0.4, 0.5) is 0 Å². The number of carbonyl (C=O) groups is 2. The summed E-state index contributed by atoms with van der Waals surface area (Å²) >= 11 is 0. The molecule has 120 valence electrons. The molecule has 2 aromatic carbocycles. The van der Waals surface area contributed by atoms with Gasteiger partial charge in [-0.3, -0.25) is 9.59 Å². The number of rotatable bonds is 3. The Kier molecular flexibility index (Phi) is 10.4. The maximum absolute atomic E-state index is 11.3. The van der Waals surface area contributed by atoms with Crippen molar-refractivity contribution in [3.8, 4) is 22.6 Å². The predicted molar refractivity (Wildman–Crippen MR) is 81.6 cm³/mol. The maximum atomic E-state index is 11.3. The molecule has 0 atom stereocenters. The van der Waals surface area contributed by atoms with Gasteiger partial charge in [0, 0.05) is 90.8 Å². The molecule has 0 aromatic heterocycles. The van der Waals surface area contributed by atoms with Crippen LogP contribution in [0.25, 0.3) is 11.1 Å². The molecule has 0 bridgehead atoms. The Morgan fingerprint density at radius 1 is 0.917 bits per heavy atom. The summed E-state index contributed by atoms with van der Waals surface area (Å²) in [4.78, 5) is 22.6. The van der Waals surface area contributed by atoms with E-state index in [0.717, 1.165) is 11.1 Å². The summed E-state index contributed by atoms with van der Waals surface area (Å²) in [6, 6.07) is 13.1. The third-order valence-electron chi connectivity index (χ3n) is 2.97. The molecule has 0 heterocycles. The molecule has 0 N–H and O–H groups in total. The van der Waals surface area contributed by atoms with Gasteiger partial charge in [0.1, 0.15) is 0 Å². The molecular weight excluding hydrogens is 458 g/mol. The molecule has 4 nitrogen and oxygen atoms in total. The van der Waals surface area contributed by atoms with Gasteiger partial charge in [0.25, 0.3) is 5.97 Å². The van der Waals surface area contributed by atoms with Crippen LogP contribution in [-0.2, 0) is 75.0 Å². The van der Waals surface area contributed by atoms with Crippen LogP contribution in [0.3, 0.4) is 0 Å². The van der Waals surface area contributed by atoms with Gasteiger partial charge >= 0.3 is 5.97 Å². The van der Waals surface area contributed by atoms with Gasteiger partial charge in [-0.15, -0.1) is 35.4 Å². The Bertz CT molecular complexity index is 742.